The molecule has 1 heterocycles. The van der Waals surface area contributed by atoms with Gasteiger partial charge in [0.1, 0.15) is 5.82 Å². The highest BCUT2D eigenvalue weighted by molar-refractivity contribution is 7.90. The minimum absolute atomic E-state index is 0.416. The number of aromatic nitrogens is 2. The second-order valence-electron chi connectivity index (χ2n) is 4.58. The molecular formula is C9H18N4O2S. The molecule has 0 aliphatic carbocycles. The second kappa shape index (κ2) is 4.42. The van der Waals surface area contributed by atoms with Crippen LogP contribution in [0.2, 0.25) is 0 Å². The van der Waals surface area contributed by atoms with Gasteiger partial charge < -0.3 is 0 Å². The van der Waals surface area contributed by atoms with Crippen LogP contribution >= 0.6 is 0 Å². The van der Waals surface area contributed by atoms with Crippen molar-refractivity contribution in [2.75, 3.05) is 4.72 Å². The predicted octanol–water partition coefficient (Wildman–Crippen LogP) is 1.02. The molecule has 3 N–H and O–H groups in total. The molecule has 1 aromatic heterocycles. The summed E-state index contributed by atoms with van der Waals surface area (Å²) in [5.41, 5.74) is 0.317. The monoisotopic (exact) mass is 246 g/mol. The summed E-state index contributed by atoms with van der Waals surface area (Å²) < 4.78 is 28.3. The molecule has 0 fully saturated rings. The Kier molecular flexibility index (Phi) is 3.59. The van der Waals surface area contributed by atoms with Gasteiger partial charge in [-0.25, -0.2) is 0 Å². The van der Waals surface area contributed by atoms with Gasteiger partial charge in [0.05, 0.1) is 6.20 Å². The van der Waals surface area contributed by atoms with Crippen molar-refractivity contribution in [2.45, 2.75) is 39.7 Å². The van der Waals surface area contributed by atoms with E-state index in [0.29, 0.717) is 12.2 Å². The topological polar surface area (TPSA) is 86.9 Å². The van der Waals surface area contributed by atoms with Crippen molar-refractivity contribution >= 4 is 16.0 Å². The summed E-state index contributed by atoms with van der Waals surface area (Å²) in [5, 5.41) is 6.41. The molecule has 6 nitrogen and oxygen atoms in total. The van der Waals surface area contributed by atoms with E-state index < -0.39 is 15.7 Å². The highest BCUT2D eigenvalue weighted by atomic mass is 32.2. The molecule has 92 valence electrons. The number of anilines is 1. The van der Waals surface area contributed by atoms with Crippen LogP contribution in [0.15, 0.2) is 6.20 Å². The van der Waals surface area contributed by atoms with Gasteiger partial charge in [0.25, 0.3) is 0 Å². The molecule has 0 unspecified atom stereocenters. The zero-order valence-corrected chi connectivity index (χ0v) is 10.8. The van der Waals surface area contributed by atoms with Crippen LogP contribution in [-0.2, 0) is 16.6 Å². The van der Waals surface area contributed by atoms with Crippen molar-refractivity contribution < 1.29 is 8.42 Å². The van der Waals surface area contributed by atoms with Gasteiger partial charge in [-0.3, -0.25) is 9.82 Å². The molecule has 0 spiro atoms. The van der Waals surface area contributed by atoms with Crippen molar-refractivity contribution in [1.29, 1.82) is 0 Å². The Bertz CT molecular complexity index is 444. The summed E-state index contributed by atoms with van der Waals surface area (Å²) in [5.74, 6) is 0.416. The van der Waals surface area contributed by atoms with E-state index in [1.54, 1.807) is 27.0 Å². The van der Waals surface area contributed by atoms with Gasteiger partial charge in [-0.15, -0.1) is 0 Å². The lowest BCUT2D eigenvalue weighted by atomic mass is 10.1. The Labute approximate surface area is 96.0 Å². The number of hydrogen-bond acceptors (Lipinski definition) is 3. The maximum Gasteiger partial charge on any atom is 0.300 e. The van der Waals surface area contributed by atoms with Crippen molar-refractivity contribution in [3.8, 4) is 0 Å². The minimum Gasteiger partial charge on any atom is -0.262 e. The Morgan fingerprint density at radius 1 is 1.44 bits per heavy atom. The van der Waals surface area contributed by atoms with E-state index in [1.807, 2.05) is 6.92 Å². The Morgan fingerprint density at radius 2 is 2.06 bits per heavy atom. The fourth-order valence-corrected chi connectivity index (χ4v) is 2.53. The summed E-state index contributed by atoms with van der Waals surface area (Å²) >= 11 is 0. The van der Waals surface area contributed by atoms with Crippen LogP contribution in [0.3, 0.4) is 0 Å². The number of rotatable bonds is 4. The largest absolute Gasteiger partial charge is 0.300 e. The van der Waals surface area contributed by atoms with Crippen molar-refractivity contribution in [3.63, 3.8) is 0 Å². The SMILES string of the molecule is CCc1cn[nH]c1NS(=O)(=O)NC(C)(C)C. The second-order valence-corrected chi connectivity index (χ2v) is 6.00. The van der Waals surface area contributed by atoms with E-state index in [0.717, 1.165) is 5.56 Å². The third-order valence-electron chi connectivity index (χ3n) is 1.78. The summed E-state index contributed by atoms with van der Waals surface area (Å²) in [4.78, 5) is 0. The summed E-state index contributed by atoms with van der Waals surface area (Å²) in [6, 6.07) is 0. The molecule has 7 heteroatoms. The van der Waals surface area contributed by atoms with E-state index in [1.165, 1.54) is 0 Å². The van der Waals surface area contributed by atoms with Gasteiger partial charge >= 0.3 is 10.2 Å². The molecule has 0 atom stereocenters. The van der Waals surface area contributed by atoms with Crippen LogP contribution in [0.5, 0.6) is 0 Å². The maximum absolute atomic E-state index is 11.7. The molecule has 0 saturated carbocycles. The lowest BCUT2D eigenvalue weighted by Crippen LogP contribution is -2.43. The summed E-state index contributed by atoms with van der Waals surface area (Å²) in [6.07, 6.45) is 2.32. The van der Waals surface area contributed by atoms with E-state index in [4.69, 9.17) is 0 Å². The number of hydrogen-bond donors (Lipinski definition) is 3. The Balaban J connectivity index is 2.81. The molecule has 0 amide bonds. The molecule has 0 aromatic carbocycles. The maximum atomic E-state index is 11.7. The van der Waals surface area contributed by atoms with Gasteiger partial charge in [-0.1, -0.05) is 6.92 Å². The minimum atomic E-state index is -3.57. The molecule has 0 aliphatic heterocycles. The first-order valence-corrected chi connectivity index (χ1v) is 6.56. The zero-order valence-electron chi connectivity index (χ0n) is 9.96. The van der Waals surface area contributed by atoms with E-state index in [9.17, 15) is 8.42 Å². The zero-order chi connectivity index (χ0) is 12.4. The average Bonchev–Trinajstić information content (AvgIpc) is 2.45. The third kappa shape index (κ3) is 3.82. The van der Waals surface area contributed by atoms with Crippen LogP contribution in [0, 0.1) is 0 Å². The van der Waals surface area contributed by atoms with E-state index >= 15 is 0 Å². The fraction of sp³-hybridized carbons (Fsp3) is 0.667. The lowest BCUT2D eigenvalue weighted by molar-refractivity contribution is 0.494. The van der Waals surface area contributed by atoms with Gasteiger partial charge in [0, 0.05) is 11.1 Å². The van der Waals surface area contributed by atoms with Crippen LogP contribution in [0.25, 0.3) is 0 Å². The predicted molar refractivity (Wildman–Crippen MR) is 63.4 cm³/mol. The van der Waals surface area contributed by atoms with E-state index in [2.05, 4.69) is 19.6 Å². The van der Waals surface area contributed by atoms with Crippen LogP contribution in [0.4, 0.5) is 5.82 Å². The Morgan fingerprint density at radius 3 is 2.56 bits per heavy atom. The molecule has 0 aliphatic rings. The number of aryl methyl sites for hydroxylation is 1. The fourth-order valence-electron chi connectivity index (χ4n) is 1.23. The van der Waals surface area contributed by atoms with Crippen molar-refractivity contribution in [1.82, 2.24) is 14.9 Å². The number of aromatic amines is 1. The van der Waals surface area contributed by atoms with E-state index in [-0.39, 0.29) is 0 Å². The molecule has 1 aromatic rings. The lowest BCUT2D eigenvalue weighted by Gasteiger charge is -2.20. The Hall–Kier alpha value is -1.08. The first-order chi connectivity index (χ1) is 7.23. The standard InChI is InChI=1S/C9H18N4O2S/c1-5-7-6-10-11-8(7)12-16(14,15)13-9(2,3)4/h6,13H,5H2,1-4H3,(H2,10,11,12). The highest BCUT2D eigenvalue weighted by Crippen LogP contribution is 2.13. The summed E-state index contributed by atoms with van der Waals surface area (Å²) in [7, 11) is -3.57. The molecule has 1 rings (SSSR count). The normalized spacial score (nSPS) is 12.8. The smallest absolute Gasteiger partial charge is 0.262 e. The molecule has 0 bridgehead atoms. The molecular weight excluding hydrogens is 228 g/mol. The number of H-pyrrole nitrogens is 1. The van der Waals surface area contributed by atoms with Gasteiger partial charge in [0.15, 0.2) is 0 Å². The number of nitrogens with zero attached hydrogens (tertiary/aromatic N) is 1. The summed E-state index contributed by atoms with van der Waals surface area (Å²) in [6.45, 7) is 7.26. The molecule has 16 heavy (non-hydrogen) atoms. The quantitative estimate of drug-likeness (QED) is 0.741. The highest BCUT2D eigenvalue weighted by Gasteiger charge is 2.20. The third-order valence-corrected chi connectivity index (χ3v) is 3.13. The van der Waals surface area contributed by atoms with Crippen molar-refractivity contribution in [2.24, 2.45) is 0 Å². The average molecular weight is 246 g/mol. The van der Waals surface area contributed by atoms with Gasteiger partial charge in [-0.05, 0) is 27.2 Å². The van der Waals surface area contributed by atoms with Crippen LogP contribution in [-0.4, -0.2) is 24.2 Å². The molecule has 0 radical (unpaired) electrons. The first kappa shape index (κ1) is 13.0. The van der Waals surface area contributed by atoms with Gasteiger partial charge in [-0.2, -0.15) is 18.2 Å². The molecule has 0 saturated heterocycles. The van der Waals surface area contributed by atoms with Crippen LogP contribution < -0.4 is 9.44 Å². The first-order valence-electron chi connectivity index (χ1n) is 5.07. The number of nitrogens with one attached hydrogen (secondary N) is 3. The van der Waals surface area contributed by atoms with Crippen molar-refractivity contribution in [3.05, 3.63) is 11.8 Å². The van der Waals surface area contributed by atoms with Gasteiger partial charge in [0.2, 0.25) is 0 Å². The van der Waals surface area contributed by atoms with Crippen LogP contribution in [0.1, 0.15) is 33.3 Å².